The number of hydrogen-bond acceptors (Lipinski definition) is 1. The Morgan fingerprint density at radius 1 is 1.40 bits per heavy atom. The molecule has 1 unspecified atom stereocenters. The molecule has 0 aliphatic heterocycles. The Morgan fingerprint density at radius 3 is 2.30 bits per heavy atom. The van der Waals surface area contributed by atoms with Gasteiger partial charge in [0.1, 0.15) is 0 Å². The fraction of sp³-hybridized carbons (Fsp3) is 1.00. The summed E-state index contributed by atoms with van der Waals surface area (Å²) in [6, 6.07) is 0.655. The Morgan fingerprint density at radius 2 is 2.00 bits per heavy atom. The van der Waals surface area contributed by atoms with Crippen molar-refractivity contribution < 1.29 is 0 Å². The van der Waals surface area contributed by atoms with Gasteiger partial charge in [-0.05, 0) is 13.5 Å². The van der Waals surface area contributed by atoms with Gasteiger partial charge in [-0.25, -0.2) is 0 Å². The van der Waals surface area contributed by atoms with Crippen LogP contribution in [0.3, 0.4) is 0 Å². The summed E-state index contributed by atoms with van der Waals surface area (Å²) in [5, 5.41) is 2.13. The van der Waals surface area contributed by atoms with Crippen molar-refractivity contribution in [2.24, 2.45) is 0 Å². The molecular weight excluding hydrogens is 258 g/mol. The first kappa shape index (κ1) is 10.9. The largest absolute Gasteiger partial charge is 0.299 e. The maximum atomic E-state index is 3.47. The average Bonchev–Trinajstić information content (AvgIpc) is 1.99. The molecule has 0 aromatic carbocycles. The van der Waals surface area contributed by atoms with Crippen molar-refractivity contribution in [3.63, 3.8) is 0 Å². The lowest BCUT2D eigenvalue weighted by Gasteiger charge is -2.25. The lowest BCUT2D eigenvalue weighted by molar-refractivity contribution is 0.254. The van der Waals surface area contributed by atoms with Gasteiger partial charge >= 0.3 is 0 Å². The van der Waals surface area contributed by atoms with Crippen LogP contribution in [0.4, 0.5) is 0 Å². The smallest absolute Gasteiger partial charge is 0.0185 e. The molecule has 0 spiro atoms. The van der Waals surface area contributed by atoms with Crippen molar-refractivity contribution in [3.05, 3.63) is 0 Å². The number of alkyl halides is 2. The van der Waals surface area contributed by atoms with E-state index in [1.807, 2.05) is 0 Å². The number of rotatable bonds is 5. The standard InChI is InChI=1S/C7H15Br2N/c1-3-10(5-4-8)7(2)6-9/h7H,3-6H2,1-2H3. The molecule has 0 aromatic rings. The molecule has 0 N–H and O–H groups in total. The zero-order valence-corrected chi connectivity index (χ0v) is 9.78. The second-order valence-electron chi connectivity index (χ2n) is 2.32. The number of halogens is 2. The van der Waals surface area contributed by atoms with Crippen molar-refractivity contribution in [2.45, 2.75) is 19.9 Å². The third kappa shape index (κ3) is 3.94. The van der Waals surface area contributed by atoms with Crippen molar-refractivity contribution in [1.82, 2.24) is 4.90 Å². The molecule has 1 atom stereocenters. The van der Waals surface area contributed by atoms with Crippen molar-refractivity contribution in [2.75, 3.05) is 23.7 Å². The highest BCUT2D eigenvalue weighted by molar-refractivity contribution is 9.09. The fourth-order valence-electron chi connectivity index (χ4n) is 0.896. The molecule has 0 aliphatic carbocycles. The molecule has 0 aliphatic rings. The van der Waals surface area contributed by atoms with Gasteiger partial charge in [0.25, 0.3) is 0 Å². The first-order valence-electron chi connectivity index (χ1n) is 3.62. The molecule has 0 bridgehead atoms. The maximum absolute atomic E-state index is 3.47. The SMILES string of the molecule is CCN(CCBr)C(C)CBr. The molecule has 0 rings (SSSR count). The zero-order valence-electron chi connectivity index (χ0n) is 6.61. The predicted octanol–water partition coefficient (Wildman–Crippen LogP) is 2.49. The molecule has 62 valence electrons. The Kier molecular flexibility index (Phi) is 7.23. The van der Waals surface area contributed by atoms with Crippen LogP contribution < -0.4 is 0 Å². The van der Waals surface area contributed by atoms with E-state index in [1.54, 1.807) is 0 Å². The van der Waals surface area contributed by atoms with Crippen LogP contribution in [0.15, 0.2) is 0 Å². The summed E-state index contributed by atoms with van der Waals surface area (Å²) in [7, 11) is 0. The highest BCUT2D eigenvalue weighted by Gasteiger charge is 2.08. The van der Waals surface area contributed by atoms with Crippen LogP contribution in [0.2, 0.25) is 0 Å². The minimum Gasteiger partial charge on any atom is -0.299 e. The Balaban J connectivity index is 3.56. The highest BCUT2D eigenvalue weighted by atomic mass is 79.9. The number of hydrogen-bond donors (Lipinski definition) is 0. The molecule has 0 amide bonds. The van der Waals surface area contributed by atoms with E-state index in [1.165, 1.54) is 0 Å². The predicted molar refractivity (Wildman–Crippen MR) is 54.3 cm³/mol. The normalized spacial score (nSPS) is 14.1. The van der Waals surface area contributed by atoms with Gasteiger partial charge in [0.05, 0.1) is 0 Å². The van der Waals surface area contributed by atoms with Crippen LogP contribution in [-0.2, 0) is 0 Å². The van der Waals surface area contributed by atoms with Gasteiger partial charge in [-0.3, -0.25) is 4.90 Å². The van der Waals surface area contributed by atoms with E-state index in [0.717, 1.165) is 23.7 Å². The summed E-state index contributed by atoms with van der Waals surface area (Å²) >= 11 is 6.90. The highest BCUT2D eigenvalue weighted by Crippen LogP contribution is 2.02. The van der Waals surface area contributed by atoms with Gasteiger partial charge in [-0.2, -0.15) is 0 Å². The van der Waals surface area contributed by atoms with E-state index in [0.29, 0.717) is 6.04 Å². The van der Waals surface area contributed by atoms with Crippen molar-refractivity contribution in [3.8, 4) is 0 Å². The second kappa shape index (κ2) is 6.62. The minimum atomic E-state index is 0.655. The second-order valence-corrected chi connectivity index (χ2v) is 3.76. The minimum absolute atomic E-state index is 0.655. The summed E-state index contributed by atoms with van der Waals surface area (Å²) < 4.78 is 0. The average molecular weight is 273 g/mol. The fourth-order valence-corrected chi connectivity index (χ4v) is 1.76. The first-order chi connectivity index (χ1) is 4.76. The number of nitrogens with zero attached hydrogens (tertiary/aromatic N) is 1. The topological polar surface area (TPSA) is 3.24 Å². The van der Waals surface area contributed by atoms with E-state index in [9.17, 15) is 0 Å². The quantitative estimate of drug-likeness (QED) is 0.695. The lowest BCUT2D eigenvalue weighted by atomic mass is 10.3. The van der Waals surface area contributed by atoms with Gasteiger partial charge in [0, 0.05) is 23.2 Å². The Bertz CT molecular complexity index is 78.0. The van der Waals surface area contributed by atoms with E-state index in [2.05, 4.69) is 50.6 Å². The Labute approximate surface area is 80.4 Å². The molecule has 0 radical (unpaired) electrons. The van der Waals surface area contributed by atoms with Crippen LogP contribution in [0, 0.1) is 0 Å². The molecule has 0 aromatic heterocycles. The summed E-state index contributed by atoms with van der Waals surface area (Å²) in [6.45, 7) is 6.71. The van der Waals surface area contributed by atoms with Crippen LogP contribution >= 0.6 is 31.9 Å². The lowest BCUT2D eigenvalue weighted by Crippen LogP contribution is -2.35. The van der Waals surface area contributed by atoms with Gasteiger partial charge in [0.15, 0.2) is 0 Å². The first-order valence-corrected chi connectivity index (χ1v) is 5.86. The van der Waals surface area contributed by atoms with Gasteiger partial charge < -0.3 is 0 Å². The van der Waals surface area contributed by atoms with Crippen molar-refractivity contribution in [1.29, 1.82) is 0 Å². The van der Waals surface area contributed by atoms with Crippen LogP contribution in [0.1, 0.15) is 13.8 Å². The summed E-state index contributed by atoms with van der Waals surface area (Å²) in [5.41, 5.74) is 0. The molecule has 0 saturated carbocycles. The van der Waals surface area contributed by atoms with Crippen LogP contribution in [0.5, 0.6) is 0 Å². The van der Waals surface area contributed by atoms with Crippen LogP contribution in [0.25, 0.3) is 0 Å². The molecule has 3 heteroatoms. The molecule has 0 saturated heterocycles. The van der Waals surface area contributed by atoms with Gasteiger partial charge in [-0.1, -0.05) is 38.8 Å². The maximum Gasteiger partial charge on any atom is 0.0185 e. The van der Waals surface area contributed by atoms with E-state index < -0.39 is 0 Å². The monoisotopic (exact) mass is 271 g/mol. The summed E-state index contributed by atoms with van der Waals surface area (Å²) in [5.74, 6) is 0. The van der Waals surface area contributed by atoms with Crippen LogP contribution in [-0.4, -0.2) is 34.7 Å². The molecule has 1 nitrogen and oxygen atoms in total. The third-order valence-corrected chi connectivity index (χ3v) is 2.92. The molecule has 10 heavy (non-hydrogen) atoms. The van der Waals surface area contributed by atoms with Crippen molar-refractivity contribution >= 4 is 31.9 Å². The van der Waals surface area contributed by atoms with E-state index in [-0.39, 0.29) is 0 Å². The van der Waals surface area contributed by atoms with E-state index >= 15 is 0 Å². The summed E-state index contributed by atoms with van der Waals surface area (Å²) in [6.07, 6.45) is 0. The van der Waals surface area contributed by atoms with Gasteiger partial charge in [0.2, 0.25) is 0 Å². The molecule has 0 fully saturated rings. The zero-order chi connectivity index (χ0) is 7.98. The van der Waals surface area contributed by atoms with Gasteiger partial charge in [-0.15, -0.1) is 0 Å². The van der Waals surface area contributed by atoms with E-state index in [4.69, 9.17) is 0 Å². The molecule has 0 heterocycles. The summed E-state index contributed by atoms with van der Waals surface area (Å²) in [4.78, 5) is 2.43. The molecular formula is C7H15Br2N. The third-order valence-electron chi connectivity index (χ3n) is 1.62. The Hall–Kier alpha value is 0.920.